The second-order valence-corrected chi connectivity index (χ2v) is 13.0. The average Bonchev–Trinajstić information content (AvgIpc) is 2.85. The summed E-state index contributed by atoms with van der Waals surface area (Å²) in [5.41, 5.74) is 2.13. The van der Waals surface area contributed by atoms with Crippen molar-refractivity contribution in [1.82, 2.24) is 10.2 Å². The van der Waals surface area contributed by atoms with Gasteiger partial charge in [0.2, 0.25) is 21.8 Å². The summed E-state index contributed by atoms with van der Waals surface area (Å²) in [5, 5.41) is 3.36. The molecule has 3 rings (SSSR count). The molecule has 208 valence electrons. The first-order chi connectivity index (χ1) is 18.2. The number of nitrogens with one attached hydrogen (secondary N) is 1. The van der Waals surface area contributed by atoms with E-state index in [0.29, 0.717) is 16.3 Å². The van der Waals surface area contributed by atoms with Crippen LogP contribution in [0.5, 0.6) is 0 Å². The molecule has 7 nitrogen and oxygen atoms in total. The molecule has 0 aromatic heterocycles. The molecule has 0 unspecified atom stereocenters. The van der Waals surface area contributed by atoms with Crippen molar-refractivity contribution < 1.29 is 18.0 Å². The van der Waals surface area contributed by atoms with Gasteiger partial charge in [0.25, 0.3) is 0 Å². The van der Waals surface area contributed by atoms with E-state index in [9.17, 15) is 18.0 Å². The molecule has 39 heavy (non-hydrogen) atoms. The van der Waals surface area contributed by atoms with Crippen molar-refractivity contribution in [3.05, 3.63) is 101 Å². The van der Waals surface area contributed by atoms with E-state index < -0.39 is 34.1 Å². The Kier molecular flexibility index (Phi) is 9.80. The number of halogens is 1. The first-order valence-corrected chi connectivity index (χ1v) is 14.9. The molecule has 0 radical (unpaired) electrons. The first-order valence-electron chi connectivity index (χ1n) is 12.7. The maximum Gasteiger partial charge on any atom is 0.244 e. The number of benzene rings is 3. The smallest absolute Gasteiger partial charge is 0.244 e. The summed E-state index contributed by atoms with van der Waals surface area (Å²) in [7, 11) is -3.87. The lowest BCUT2D eigenvalue weighted by atomic mass is 10.0. The second kappa shape index (κ2) is 12.7. The molecule has 1 atom stereocenters. The van der Waals surface area contributed by atoms with Gasteiger partial charge in [0.05, 0.1) is 11.9 Å². The van der Waals surface area contributed by atoms with Crippen LogP contribution in [0.15, 0.2) is 78.9 Å². The van der Waals surface area contributed by atoms with Crippen LogP contribution in [0.2, 0.25) is 5.02 Å². The van der Waals surface area contributed by atoms with Crippen molar-refractivity contribution in [2.45, 2.75) is 52.2 Å². The van der Waals surface area contributed by atoms with Gasteiger partial charge in [-0.15, -0.1) is 0 Å². The summed E-state index contributed by atoms with van der Waals surface area (Å²) < 4.78 is 26.9. The number of carbonyl (C=O) groups excluding carboxylic acids is 2. The molecule has 0 saturated carbocycles. The Hall–Kier alpha value is -3.36. The highest BCUT2D eigenvalue weighted by atomic mass is 35.5. The normalized spacial score (nSPS) is 12.5. The number of nitrogens with zero attached hydrogens (tertiary/aromatic N) is 2. The number of sulfonamides is 1. The number of hydrogen-bond donors (Lipinski definition) is 1. The minimum atomic E-state index is -3.87. The van der Waals surface area contributed by atoms with E-state index in [4.69, 9.17) is 11.6 Å². The van der Waals surface area contributed by atoms with Gasteiger partial charge in [0.15, 0.2) is 0 Å². The molecule has 0 heterocycles. The Labute approximate surface area is 236 Å². The lowest BCUT2D eigenvalue weighted by Gasteiger charge is -2.35. The second-order valence-electron chi connectivity index (χ2n) is 10.7. The minimum Gasteiger partial charge on any atom is -0.350 e. The highest BCUT2D eigenvalue weighted by Crippen LogP contribution is 2.27. The van der Waals surface area contributed by atoms with Crippen molar-refractivity contribution in [1.29, 1.82) is 0 Å². The number of hydrogen-bond acceptors (Lipinski definition) is 4. The molecule has 2 amide bonds. The third-order valence-electron chi connectivity index (χ3n) is 6.08. The van der Waals surface area contributed by atoms with Crippen LogP contribution in [0.3, 0.4) is 0 Å². The first kappa shape index (κ1) is 30.2. The van der Waals surface area contributed by atoms with E-state index in [1.807, 2.05) is 81.4 Å². The van der Waals surface area contributed by atoms with E-state index in [-0.39, 0.29) is 18.9 Å². The molecule has 0 spiro atoms. The van der Waals surface area contributed by atoms with E-state index >= 15 is 0 Å². The van der Waals surface area contributed by atoms with Gasteiger partial charge in [-0.05, 0) is 56.5 Å². The Balaban J connectivity index is 2.08. The molecule has 0 aliphatic carbocycles. The number of amides is 2. The van der Waals surface area contributed by atoms with Crippen LogP contribution in [0.1, 0.15) is 37.5 Å². The van der Waals surface area contributed by atoms with Crippen LogP contribution < -0.4 is 9.62 Å². The monoisotopic (exact) mass is 569 g/mol. The summed E-state index contributed by atoms with van der Waals surface area (Å²) in [6.07, 6.45) is 1.31. The molecule has 3 aromatic carbocycles. The van der Waals surface area contributed by atoms with Gasteiger partial charge in [0.1, 0.15) is 12.6 Å². The lowest BCUT2D eigenvalue weighted by molar-refractivity contribution is -0.140. The van der Waals surface area contributed by atoms with Crippen molar-refractivity contribution in [3.63, 3.8) is 0 Å². The number of carbonyl (C=O) groups is 2. The number of anilines is 1. The van der Waals surface area contributed by atoms with E-state index in [1.165, 1.54) is 11.0 Å². The molecular weight excluding hydrogens is 534 g/mol. The Morgan fingerprint density at radius 2 is 1.49 bits per heavy atom. The van der Waals surface area contributed by atoms with Crippen LogP contribution >= 0.6 is 11.6 Å². The zero-order valence-corrected chi connectivity index (χ0v) is 24.6. The number of rotatable bonds is 10. The Bertz CT molecular complexity index is 1390. The van der Waals surface area contributed by atoms with E-state index in [1.54, 1.807) is 19.1 Å². The largest absolute Gasteiger partial charge is 0.350 e. The standard InChI is InChI=1S/C30H36ClN3O4S/c1-22-16-17-25(31)19-26(22)34(39(5,37)38)21-28(35)33(20-24-14-10-7-11-15-24)27(29(36)32-30(2,3)4)18-23-12-8-6-9-13-23/h6-17,19,27H,18,20-21H2,1-5H3,(H,32,36)/t27-/m0/s1. The molecule has 0 saturated heterocycles. The average molecular weight is 570 g/mol. The SMILES string of the molecule is Cc1ccc(Cl)cc1N(CC(=O)N(Cc1ccccc1)[C@@H](Cc1ccccc1)C(=O)NC(C)(C)C)S(C)(=O)=O. The zero-order valence-electron chi connectivity index (χ0n) is 23.0. The highest BCUT2D eigenvalue weighted by molar-refractivity contribution is 7.92. The summed E-state index contributed by atoms with van der Waals surface area (Å²) >= 11 is 6.19. The van der Waals surface area contributed by atoms with Gasteiger partial charge in [0, 0.05) is 23.5 Å². The van der Waals surface area contributed by atoms with Crippen LogP contribution in [-0.4, -0.2) is 49.5 Å². The fraction of sp³-hybridized carbons (Fsp3) is 0.333. The van der Waals surface area contributed by atoms with Crippen LogP contribution in [-0.2, 0) is 32.6 Å². The van der Waals surface area contributed by atoms with Gasteiger partial charge < -0.3 is 10.2 Å². The van der Waals surface area contributed by atoms with Crippen molar-refractivity contribution in [2.75, 3.05) is 17.1 Å². The van der Waals surface area contributed by atoms with Gasteiger partial charge in [-0.25, -0.2) is 8.42 Å². The molecule has 3 aromatic rings. The van der Waals surface area contributed by atoms with Gasteiger partial charge in [-0.2, -0.15) is 0 Å². The zero-order chi connectivity index (χ0) is 28.8. The topological polar surface area (TPSA) is 86.8 Å². The molecule has 1 N–H and O–H groups in total. The molecule has 9 heteroatoms. The molecule has 0 aliphatic heterocycles. The third-order valence-corrected chi connectivity index (χ3v) is 7.45. The molecular formula is C30H36ClN3O4S. The Morgan fingerprint density at radius 3 is 2.03 bits per heavy atom. The van der Waals surface area contributed by atoms with Crippen molar-refractivity contribution in [2.24, 2.45) is 0 Å². The summed E-state index contributed by atoms with van der Waals surface area (Å²) in [5.74, 6) is -0.825. The summed E-state index contributed by atoms with van der Waals surface area (Å²) in [4.78, 5) is 29.3. The predicted octanol–water partition coefficient (Wildman–Crippen LogP) is 4.97. The summed E-state index contributed by atoms with van der Waals surface area (Å²) in [6.45, 7) is 7.02. The van der Waals surface area contributed by atoms with Crippen molar-refractivity contribution >= 4 is 39.1 Å². The van der Waals surface area contributed by atoms with Gasteiger partial charge in [-0.1, -0.05) is 78.3 Å². The number of aryl methyl sites for hydroxylation is 1. The fourth-order valence-electron chi connectivity index (χ4n) is 4.23. The molecule has 0 fully saturated rings. The van der Waals surface area contributed by atoms with Crippen LogP contribution in [0.25, 0.3) is 0 Å². The van der Waals surface area contributed by atoms with Crippen LogP contribution in [0.4, 0.5) is 5.69 Å². The molecule has 0 aliphatic rings. The highest BCUT2D eigenvalue weighted by Gasteiger charge is 2.34. The lowest BCUT2D eigenvalue weighted by Crippen LogP contribution is -2.56. The third kappa shape index (κ3) is 8.83. The molecule has 0 bridgehead atoms. The Morgan fingerprint density at radius 1 is 0.923 bits per heavy atom. The van der Waals surface area contributed by atoms with Crippen LogP contribution in [0, 0.1) is 6.92 Å². The van der Waals surface area contributed by atoms with E-state index in [2.05, 4.69) is 5.32 Å². The van der Waals surface area contributed by atoms with Crippen molar-refractivity contribution in [3.8, 4) is 0 Å². The quantitative estimate of drug-likeness (QED) is 0.373. The van der Waals surface area contributed by atoms with E-state index in [0.717, 1.165) is 21.7 Å². The maximum absolute atomic E-state index is 14.1. The maximum atomic E-state index is 14.1. The van der Waals surface area contributed by atoms with Gasteiger partial charge in [-0.3, -0.25) is 13.9 Å². The summed E-state index contributed by atoms with van der Waals surface area (Å²) in [6, 6.07) is 22.8. The fourth-order valence-corrected chi connectivity index (χ4v) is 5.30. The minimum absolute atomic E-state index is 0.126. The van der Waals surface area contributed by atoms with Gasteiger partial charge >= 0.3 is 0 Å². The predicted molar refractivity (Wildman–Crippen MR) is 157 cm³/mol.